The summed E-state index contributed by atoms with van der Waals surface area (Å²) in [6.07, 6.45) is 7.71. The molecule has 0 amide bonds. The number of nitrogens with one attached hydrogen (secondary N) is 2. The Hall–Kier alpha value is -3.76. The molecular weight excluding hydrogens is 480 g/mol. The highest BCUT2D eigenvalue weighted by Crippen LogP contribution is 2.32. The quantitative estimate of drug-likeness (QED) is 0.254. The molecule has 4 aromatic rings. The number of nitrogens with zero attached hydrogens (tertiary/aromatic N) is 5. The molecule has 5 rings (SSSR count). The van der Waals surface area contributed by atoms with Crippen LogP contribution < -0.4 is 21.1 Å². The molecule has 0 atom stereocenters. The lowest BCUT2D eigenvalue weighted by Crippen LogP contribution is -2.34. The van der Waals surface area contributed by atoms with E-state index in [-0.39, 0.29) is 5.95 Å². The highest BCUT2D eigenvalue weighted by molar-refractivity contribution is 5.96. The standard InChI is InChI=1S/C28H36N8O2/c1-3-4-12-31-27-26-25(33-28(29)34-27)24(20-6-5-11-30-17-20)35-36(26)18-21-8-7-19(15-23(21)37-2)16-32-22-9-13-38-14-10-22/h5-8,11,15,17,22,32H,3-4,9-10,12-14,16,18H2,1-2H3,(H3,29,31,33,34). The van der Waals surface area contributed by atoms with Crippen molar-refractivity contribution >= 4 is 22.8 Å². The SMILES string of the molecule is CCCCNc1nc(N)nc2c(-c3cccnc3)nn(Cc3ccc(CNC4CCOCC4)cc3OC)c12. The van der Waals surface area contributed by atoms with Crippen LogP contribution >= 0.6 is 0 Å². The van der Waals surface area contributed by atoms with Crippen LogP contribution in [0.2, 0.25) is 0 Å². The molecule has 1 aromatic carbocycles. The van der Waals surface area contributed by atoms with Crippen molar-refractivity contribution < 1.29 is 9.47 Å². The number of rotatable bonds is 11. The van der Waals surface area contributed by atoms with Crippen molar-refractivity contribution in [2.75, 3.05) is 37.9 Å². The monoisotopic (exact) mass is 516 g/mol. The summed E-state index contributed by atoms with van der Waals surface area (Å²) >= 11 is 0. The molecular formula is C28H36N8O2. The minimum atomic E-state index is 0.208. The van der Waals surface area contributed by atoms with Crippen molar-refractivity contribution in [1.29, 1.82) is 0 Å². The number of hydrogen-bond acceptors (Lipinski definition) is 9. The topological polar surface area (TPSA) is 125 Å². The van der Waals surface area contributed by atoms with Gasteiger partial charge in [-0.15, -0.1) is 0 Å². The first-order valence-electron chi connectivity index (χ1n) is 13.3. The number of methoxy groups -OCH3 is 1. The molecule has 0 bridgehead atoms. The van der Waals surface area contributed by atoms with Crippen LogP contribution in [0, 0.1) is 0 Å². The molecule has 10 heteroatoms. The second-order valence-corrected chi connectivity index (χ2v) is 9.57. The predicted molar refractivity (Wildman–Crippen MR) is 149 cm³/mol. The maximum Gasteiger partial charge on any atom is 0.222 e. The first-order valence-corrected chi connectivity index (χ1v) is 13.3. The molecule has 0 saturated carbocycles. The number of unbranched alkanes of at least 4 members (excludes halogenated alkanes) is 1. The van der Waals surface area contributed by atoms with E-state index >= 15 is 0 Å². The minimum absolute atomic E-state index is 0.208. The van der Waals surface area contributed by atoms with Crippen LogP contribution in [0.25, 0.3) is 22.3 Å². The number of aromatic nitrogens is 5. The molecule has 1 fully saturated rings. The number of nitrogen functional groups attached to an aromatic ring is 1. The summed E-state index contributed by atoms with van der Waals surface area (Å²) in [5, 5.41) is 12.1. The number of benzene rings is 1. The molecule has 0 radical (unpaired) electrons. The zero-order valence-corrected chi connectivity index (χ0v) is 22.1. The number of ether oxygens (including phenoxy) is 2. The zero-order valence-electron chi connectivity index (χ0n) is 22.1. The fraction of sp³-hybridized carbons (Fsp3) is 0.429. The van der Waals surface area contributed by atoms with Gasteiger partial charge in [0.05, 0.1) is 13.7 Å². The second kappa shape index (κ2) is 12.2. The Labute approximate surface area is 223 Å². The summed E-state index contributed by atoms with van der Waals surface area (Å²) < 4.78 is 13.2. The molecule has 4 heterocycles. The van der Waals surface area contributed by atoms with Crippen molar-refractivity contribution in [3.8, 4) is 17.0 Å². The lowest BCUT2D eigenvalue weighted by Gasteiger charge is -2.23. The van der Waals surface area contributed by atoms with E-state index in [1.165, 1.54) is 5.56 Å². The van der Waals surface area contributed by atoms with Gasteiger partial charge < -0.3 is 25.8 Å². The van der Waals surface area contributed by atoms with Gasteiger partial charge >= 0.3 is 0 Å². The van der Waals surface area contributed by atoms with Crippen molar-refractivity contribution in [1.82, 2.24) is 30.0 Å². The third kappa shape index (κ3) is 5.87. The van der Waals surface area contributed by atoms with E-state index in [4.69, 9.17) is 20.3 Å². The highest BCUT2D eigenvalue weighted by atomic mass is 16.5. The summed E-state index contributed by atoms with van der Waals surface area (Å²) in [6, 6.07) is 10.7. The van der Waals surface area contributed by atoms with Gasteiger partial charge in [0.2, 0.25) is 5.95 Å². The number of nitrogens with two attached hydrogens (primary N) is 1. The number of fused-ring (bicyclic) bond motifs is 1. The molecule has 3 aromatic heterocycles. The van der Waals surface area contributed by atoms with E-state index in [1.807, 2.05) is 16.8 Å². The van der Waals surface area contributed by atoms with Gasteiger partial charge in [-0.1, -0.05) is 25.5 Å². The fourth-order valence-corrected chi connectivity index (χ4v) is 4.77. The number of pyridine rings is 1. The molecule has 0 aliphatic carbocycles. The lowest BCUT2D eigenvalue weighted by molar-refractivity contribution is 0.0776. The summed E-state index contributed by atoms with van der Waals surface area (Å²) in [7, 11) is 1.71. The van der Waals surface area contributed by atoms with Gasteiger partial charge in [0, 0.05) is 55.9 Å². The lowest BCUT2D eigenvalue weighted by atomic mass is 10.1. The largest absolute Gasteiger partial charge is 0.496 e. The van der Waals surface area contributed by atoms with E-state index in [2.05, 4.69) is 50.7 Å². The van der Waals surface area contributed by atoms with Crippen LogP contribution in [0.1, 0.15) is 43.7 Å². The first kappa shape index (κ1) is 25.9. The smallest absolute Gasteiger partial charge is 0.222 e. The zero-order chi connectivity index (χ0) is 26.3. The van der Waals surface area contributed by atoms with E-state index in [1.54, 1.807) is 19.5 Å². The predicted octanol–water partition coefficient (Wildman–Crippen LogP) is 4.01. The third-order valence-corrected chi connectivity index (χ3v) is 6.85. The summed E-state index contributed by atoms with van der Waals surface area (Å²) in [4.78, 5) is 13.4. The first-order chi connectivity index (χ1) is 18.7. The van der Waals surface area contributed by atoms with E-state index < -0.39 is 0 Å². The van der Waals surface area contributed by atoms with Crippen LogP contribution in [-0.4, -0.2) is 57.6 Å². The molecule has 10 nitrogen and oxygen atoms in total. The molecule has 1 aliphatic rings. The van der Waals surface area contributed by atoms with Gasteiger partial charge in [0.1, 0.15) is 22.5 Å². The van der Waals surface area contributed by atoms with Gasteiger partial charge in [0.25, 0.3) is 0 Å². The van der Waals surface area contributed by atoms with Crippen molar-refractivity contribution in [3.05, 3.63) is 53.9 Å². The van der Waals surface area contributed by atoms with Gasteiger partial charge in [0.15, 0.2) is 5.82 Å². The van der Waals surface area contributed by atoms with Gasteiger partial charge in [-0.05, 0) is 43.0 Å². The molecule has 4 N–H and O–H groups in total. The van der Waals surface area contributed by atoms with Crippen LogP contribution in [0.5, 0.6) is 5.75 Å². The highest BCUT2D eigenvalue weighted by Gasteiger charge is 2.21. The third-order valence-electron chi connectivity index (χ3n) is 6.85. The summed E-state index contributed by atoms with van der Waals surface area (Å²) in [6.45, 7) is 5.87. The normalized spacial score (nSPS) is 14.2. The number of hydrogen-bond donors (Lipinski definition) is 3. The van der Waals surface area contributed by atoms with Gasteiger partial charge in [-0.3, -0.25) is 9.67 Å². The summed E-state index contributed by atoms with van der Waals surface area (Å²) in [5.74, 6) is 1.71. The summed E-state index contributed by atoms with van der Waals surface area (Å²) in [5.41, 5.74) is 11.4. The maximum atomic E-state index is 6.13. The Morgan fingerprint density at radius 3 is 2.82 bits per heavy atom. The molecule has 0 unspecified atom stereocenters. The number of anilines is 2. The van der Waals surface area contributed by atoms with Crippen molar-refractivity contribution in [2.45, 2.75) is 51.7 Å². The second-order valence-electron chi connectivity index (χ2n) is 9.57. The van der Waals surface area contributed by atoms with Crippen molar-refractivity contribution in [3.63, 3.8) is 0 Å². The Morgan fingerprint density at radius 2 is 2.05 bits per heavy atom. The van der Waals surface area contributed by atoms with Crippen LogP contribution in [0.4, 0.5) is 11.8 Å². The van der Waals surface area contributed by atoms with Gasteiger partial charge in [-0.25, -0.2) is 4.98 Å². The molecule has 200 valence electrons. The Bertz CT molecular complexity index is 1350. The minimum Gasteiger partial charge on any atom is -0.496 e. The van der Waals surface area contributed by atoms with E-state index in [0.29, 0.717) is 23.9 Å². The molecule has 38 heavy (non-hydrogen) atoms. The Balaban J connectivity index is 1.48. The Morgan fingerprint density at radius 1 is 1.18 bits per heavy atom. The van der Waals surface area contributed by atoms with Crippen LogP contribution in [0.3, 0.4) is 0 Å². The maximum absolute atomic E-state index is 6.13. The fourth-order valence-electron chi connectivity index (χ4n) is 4.77. The van der Waals surface area contributed by atoms with Gasteiger partial charge in [-0.2, -0.15) is 10.1 Å². The van der Waals surface area contributed by atoms with Crippen molar-refractivity contribution in [2.24, 2.45) is 0 Å². The molecule has 1 saturated heterocycles. The molecule has 1 aliphatic heterocycles. The van der Waals surface area contributed by atoms with E-state index in [9.17, 15) is 0 Å². The van der Waals surface area contributed by atoms with Crippen LogP contribution in [-0.2, 0) is 17.8 Å². The van der Waals surface area contributed by atoms with E-state index in [0.717, 1.165) is 80.1 Å². The Kier molecular flexibility index (Phi) is 8.30. The average molecular weight is 517 g/mol. The average Bonchev–Trinajstić information content (AvgIpc) is 3.31. The molecule has 0 spiro atoms. The van der Waals surface area contributed by atoms with Crippen LogP contribution in [0.15, 0.2) is 42.7 Å².